The van der Waals surface area contributed by atoms with Crippen LogP contribution < -0.4 is 5.32 Å². The number of hydrogen-bond donors (Lipinski definition) is 1. The van der Waals surface area contributed by atoms with Gasteiger partial charge in [-0.2, -0.15) is 0 Å². The van der Waals surface area contributed by atoms with E-state index in [9.17, 15) is 0 Å². The van der Waals surface area contributed by atoms with Gasteiger partial charge in [0.05, 0.1) is 0 Å². The van der Waals surface area contributed by atoms with E-state index in [0.29, 0.717) is 5.41 Å². The summed E-state index contributed by atoms with van der Waals surface area (Å²) >= 11 is 0. The Morgan fingerprint density at radius 3 is 2.33 bits per heavy atom. The number of nitrogens with one attached hydrogen (secondary N) is 1. The van der Waals surface area contributed by atoms with Gasteiger partial charge in [0.1, 0.15) is 0 Å². The van der Waals surface area contributed by atoms with E-state index >= 15 is 0 Å². The topological polar surface area (TPSA) is 12.0 Å². The molecule has 2 aliphatic rings. The Morgan fingerprint density at radius 2 is 1.71 bits per heavy atom. The standard InChI is InChI=1S/C20H31N/c1-19(2,3)21-15-20(12-8-5-9-13-20)18-14-17(18)16-10-6-4-7-11-16/h4,6-7,10-11,17-18,21H,5,8-9,12-15H2,1-3H3. The zero-order chi connectivity index (χ0) is 14.9. The summed E-state index contributed by atoms with van der Waals surface area (Å²) in [5.41, 5.74) is 2.37. The van der Waals surface area contributed by atoms with E-state index in [1.165, 1.54) is 45.1 Å². The van der Waals surface area contributed by atoms with Gasteiger partial charge < -0.3 is 5.32 Å². The molecule has 0 aliphatic heterocycles. The van der Waals surface area contributed by atoms with Crippen molar-refractivity contribution in [2.75, 3.05) is 6.54 Å². The summed E-state index contributed by atoms with van der Waals surface area (Å²) in [6.45, 7) is 8.10. The van der Waals surface area contributed by atoms with Gasteiger partial charge in [-0.15, -0.1) is 0 Å². The SMILES string of the molecule is CC(C)(C)NCC1(C2CC2c2ccccc2)CCCCC1. The lowest BCUT2D eigenvalue weighted by molar-refractivity contribution is 0.133. The van der Waals surface area contributed by atoms with Gasteiger partial charge in [0, 0.05) is 12.1 Å². The predicted octanol–water partition coefficient (Wildman–Crippen LogP) is 5.13. The zero-order valence-corrected chi connectivity index (χ0v) is 14.0. The summed E-state index contributed by atoms with van der Waals surface area (Å²) in [5, 5.41) is 3.83. The summed E-state index contributed by atoms with van der Waals surface area (Å²) in [5.74, 6) is 1.74. The molecule has 0 spiro atoms. The van der Waals surface area contributed by atoms with Gasteiger partial charge in [0.15, 0.2) is 0 Å². The van der Waals surface area contributed by atoms with Gasteiger partial charge >= 0.3 is 0 Å². The molecule has 0 amide bonds. The molecule has 1 heteroatoms. The summed E-state index contributed by atoms with van der Waals surface area (Å²) in [7, 11) is 0. The van der Waals surface area contributed by atoms with E-state index in [-0.39, 0.29) is 5.54 Å². The second kappa shape index (κ2) is 5.76. The predicted molar refractivity (Wildman–Crippen MR) is 90.6 cm³/mol. The molecule has 0 radical (unpaired) electrons. The summed E-state index contributed by atoms with van der Waals surface area (Å²) in [6, 6.07) is 11.2. The lowest BCUT2D eigenvalue weighted by Gasteiger charge is -2.40. The molecule has 2 unspecified atom stereocenters. The first-order valence-electron chi connectivity index (χ1n) is 8.80. The highest BCUT2D eigenvalue weighted by Crippen LogP contribution is 2.61. The minimum absolute atomic E-state index is 0.238. The largest absolute Gasteiger partial charge is 0.312 e. The molecule has 2 atom stereocenters. The maximum absolute atomic E-state index is 3.83. The van der Waals surface area contributed by atoms with Crippen LogP contribution in [0, 0.1) is 11.3 Å². The van der Waals surface area contributed by atoms with Gasteiger partial charge in [-0.3, -0.25) is 0 Å². The van der Waals surface area contributed by atoms with E-state index < -0.39 is 0 Å². The van der Waals surface area contributed by atoms with Crippen LogP contribution in [0.1, 0.15) is 70.8 Å². The van der Waals surface area contributed by atoms with Crippen molar-refractivity contribution in [3.05, 3.63) is 35.9 Å². The maximum atomic E-state index is 3.83. The number of hydrogen-bond acceptors (Lipinski definition) is 1. The summed E-state index contributed by atoms with van der Waals surface area (Å²) < 4.78 is 0. The highest BCUT2D eigenvalue weighted by Gasteiger charge is 2.52. The molecule has 0 heterocycles. The van der Waals surface area contributed by atoms with Crippen LogP contribution in [0.3, 0.4) is 0 Å². The molecule has 3 rings (SSSR count). The molecule has 1 aromatic rings. The molecular weight excluding hydrogens is 254 g/mol. The molecule has 1 aromatic carbocycles. The first-order valence-corrected chi connectivity index (χ1v) is 8.80. The smallest absolute Gasteiger partial charge is 0.00967 e. The average Bonchev–Trinajstić information content (AvgIpc) is 3.28. The Morgan fingerprint density at radius 1 is 1.05 bits per heavy atom. The normalized spacial score (nSPS) is 28.3. The fourth-order valence-electron chi connectivity index (χ4n) is 4.32. The van der Waals surface area contributed by atoms with Crippen molar-refractivity contribution in [3.8, 4) is 0 Å². The third-order valence-corrected chi connectivity index (χ3v) is 5.62. The second-order valence-electron chi connectivity index (χ2n) is 8.39. The van der Waals surface area contributed by atoms with Crippen LogP contribution in [0.2, 0.25) is 0 Å². The monoisotopic (exact) mass is 285 g/mol. The first kappa shape index (κ1) is 15.1. The molecule has 116 valence electrons. The van der Waals surface area contributed by atoms with Crippen LogP contribution in [0.4, 0.5) is 0 Å². The van der Waals surface area contributed by atoms with E-state index in [2.05, 4.69) is 56.4 Å². The zero-order valence-electron chi connectivity index (χ0n) is 14.0. The Kier molecular flexibility index (Phi) is 4.14. The minimum Gasteiger partial charge on any atom is -0.312 e. The number of rotatable bonds is 4. The Hall–Kier alpha value is -0.820. The van der Waals surface area contributed by atoms with Gasteiger partial charge in [-0.05, 0) is 62.8 Å². The van der Waals surface area contributed by atoms with Crippen molar-refractivity contribution in [3.63, 3.8) is 0 Å². The summed E-state index contributed by atoms with van der Waals surface area (Å²) in [6.07, 6.45) is 8.59. The Balaban J connectivity index is 1.72. The van der Waals surface area contributed by atoms with Crippen LogP contribution >= 0.6 is 0 Å². The highest BCUT2D eigenvalue weighted by atomic mass is 15.0. The van der Waals surface area contributed by atoms with Crippen LogP contribution in [0.25, 0.3) is 0 Å². The van der Waals surface area contributed by atoms with Gasteiger partial charge in [-0.1, -0.05) is 49.6 Å². The highest BCUT2D eigenvalue weighted by molar-refractivity contribution is 5.27. The molecule has 2 fully saturated rings. The second-order valence-corrected chi connectivity index (χ2v) is 8.39. The fourth-order valence-corrected chi connectivity index (χ4v) is 4.32. The first-order chi connectivity index (χ1) is 10.0. The molecule has 2 aliphatic carbocycles. The quantitative estimate of drug-likeness (QED) is 0.808. The Bertz CT molecular complexity index is 450. The van der Waals surface area contributed by atoms with E-state index in [0.717, 1.165) is 11.8 Å². The van der Waals surface area contributed by atoms with Gasteiger partial charge in [-0.25, -0.2) is 0 Å². The lowest BCUT2D eigenvalue weighted by atomic mass is 9.69. The van der Waals surface area contributed by atoms with Crippen molar-refractivity contribution in [1.82, 2.24) is 5.32 Å². The van der Waals surface area contributed by atoms with Crippen LogP contribution in [-0.2, 0) is 0 Å². The van der Waals surface area contributed by atoms with Crippen LogP contribution in [0.15, 0.2) is 30.3 Å². The fraction of sp³-hybridized carbons (Fsp3) is 0.700. The molecule has 0 saturated heterocycles. The van der Waals surface area contributed by atoms with Crippen LogP contribution in [0.5, 0.6) is 0 Å². The van der Waals surface area contributed by atoms with E-state index in [1.54, 1.807) is 5.56 Å². The van der Waals surface area contributed by atoms with Crippen LogP contribution in [-0.4, -0.2) is 12.1 Å². The minimum atomic E-state index is 0.238. The van der Waals surface area contributed by atoms with Crippen molar-refractivity contribution in [2.45, 2.75) is 70.8 Å². The van der Waals surface area contributed by atoms with E-state index in [4.69, 9.17) is 0 Å². The molecule has 21 heavy (non-hydrogen) atoms. The molecule has 0 bridgehead atoms. The third kappa shape index (κ3) is 3.51. The molecule has 2 saturated carbocycles. The van der Waals surface area contributed by atoms with Crippen molar-refractivity contribution in [2.24, 2.45) is 11.3 Å². The van der Waals surface area contributed by atoms with Crippen molar-refractivity contribution < 1.29 is 0 Å². The van der Waals surface area contributed by atoms with Crippen molar-refractivity contribution >= 4 is 0 Å². The van der Waals surface area contributed by atoms with Gasteiger partial charge in [0.2, 0.25) is 0 Å². The molecule has 1 N–H and O–H groups in total. The third-order valence-electron chi connectivity index (χ3n) is 5.62. The Labute approximate surface area is 130 Å². The molecule has 0 aromatic heterocycles. The molecule has 1 nitrogen and oxygen atoms in total. The maximum Gasteiger partial charge on any atom is 0.00967 e. The average molecular weight is 285 g/mol. The number of benzene rings is 1. The lowest BCUT2D eigenvalue weighted by Crippen LogP contribution is -2.46. The summed E-state index contributed by atoms with van der Waals surface area (Å²) in [4.78, 5) is 0. The van der Waals surface area contributed by atoms with Crippen molar-refractivity contribution in [1.29, 1.82) is 0 Å². The van der Waals surface area contributed by atoms with Gasteiger partial charge in [0.25, 0.3) is 0 Å². The molecular formula is C20H31N. The van der Waals surface area contributed by atoms with E-state index in [1.807, 2.05) is 0 Å².